The third-order valence-corrected chi connectivity index (χ3v) is 3.75. The van der Waals surface area contributed by atoms with Gasteiger partial charge < -0.3 is 10.6 Å². The average Bonchev–Trinajstić information content (AvgIpc) is 2.51. The second-order valence-electron chi connectivity index (χ2n) is 4.63. The van der Waals surface area contributed by atoms with Gasteiger partial charge in [-0.1, -0.05) is 36.0 Å². The van der Waals surface area contributed by atoms with Crippen molar-refractivity contribution in [2.24, 2.45) is 0 Å². The molecule has 0 spiro atoms. The molecule has 0 saturated carbocycles. The number of carbonyl (C=O) groups is 1. The van der Waals surface area contributed by atoms with Gasteiger partial charge in [0, 0.05) is 11.4 Å². The average molecular weight is 340 g/mol. The topological polar surface area (TPSA) is 41.1 Å². The molecule has 2 rings (SSSR count). The summed E-state index contributed by atoms with van der Waals surface area (Å²) >= 11 is 0.378. The summed E-state index contributed by atoms with van der Waals surface area (Å²) in [6.07, 6.45) is 0.543. The SMILES string of the molecule is O=C(NCCc1ccc(F)cc1)Nc1ccccc1SC(F)F. The van der Waals surface area contributed by atoms with E-state index in [2.05, 4.69) is 10.6 Å². The maximum absolute atomic E-state index is 12.8. The molecule has 0 unspecified atom stereocenters. The molecule has 0 saturated heterocycles. The molecule has 0 aromatic heterocycles. The summed E-state index contributed by atoms with van der Waals surface area (Å²) in [6.45, 7) is 0.349. The van der Waals surface area contributed by atoms with Crippen molar-refractivity contribution in [2.45, 2.75) is 17.1 Å². The number of hydrogen-bond acceptors (Lipinski definition) is 2. The van der Waals surface area contributed by atoms with Crippen molar-refractivity contribution in [3.63, 3.8) is 0 Å². The molecule has 2 amide bonds. The van der Waals surface area contributed by atoms with E-state index >= 15 is 0 Å². The first-order chi connectivity index (χ1) is 11.0. The Kier molecular flexibility index (Phi) is 6.34. The maximum atomic E-state index is 12.8. The highest BCUT2D eigenvalue weighted by atomic mass is 32.2. The summed E-state index contributed by atoms with van der Waals surface area (Å²) < 4.78 is 37.7. The van der Waals surface area contributed by atoms with Crippen LogP contribution >= 0.6 is 11.8 Å². The molecule has 0 bridgehead atoms. The molecule has 0 heterocycles. The van der Waals surface area contributed by atoms with Gasteiger partial charge in [-0.2, -0.15) is 8.78 Å². The lowest BCUT2D eigenvalue weighted by molar-refractivity contribution is 0.251. The van der Waals surface area contributed by atoms with Crippen molar-refractivity contribution in [1.29, 1.82) is 0 Å². The zero-order valence-electron chi connectivity index (χ0n) is 12.1. The van der Waals surface area contributed by atoms with Crippen LogP contribution in [0.4, 0.5) is 23.7 Å². The zero-order valence-corrected chi connectivity index (χ0v) is 12.9. The number of rotatable bonds is 6. The van der Waals surface area contributed by atoms with Crippen LogP contribution in [0.15, 0.2) is 53.4 Å². The normalized spacial score (nSPS) is 10.6. The van der Waals surface area contributed by atoms with Gasteiger partial charge in [-0.15, -0.1) is 0 Å². The van der Waals surface area contributed by atoms with Crippen LogP contribution in [0.5, 0.6) is 0 Å². The lowest BCUT2D eigenvalue weighted by Gasteiger charge is -2.11. The molecule has 0 fully saturated rings. The lowest BCUT2D eigenvalue weighted by atomic mass is 10.1. The van der Waals surface area contributed by atoms with E-state index in [1.54, 1.807) is 30.3 Å². The van der Waals surface area contributed by atoms with Gasteiger partial charge in [0.05, 0.1) is 5.69 Å². The lowest BCUT2D eigenvalue weighted by Crippen LogP contribution is -2.30. The predicted molar refractivity (Wildman–Crippen MR) is 85.4 cm³/mol. The summed E-state index contributed by atoms with van der Waals surface area (Å²) in [4.78, 5) is 12.1. The smallest absolute Gasteiger partial charge is 0.319 e. The molecule has 2 N–H and O–H groups in total. The highest BCUT2D eigenvalue weighted by molar-refractivity contribution is 7.99. The molecule has 0 atom stereocenters. The molecular weight excluding hydrogens is 325 g/mol. The standard InChI is InChI=1S/C16H15F3N2OS/c17-12-7-5-11(6-8-12)9-10-20-16(22)21-13-3-1-2-4-14(13)23-15(18)19/h1-8,15H,9-10H2,(H2,20,21,22). The van der Waals surface area contributed by atoms with E-state index in [9.17, 15) is 18.0 Å². The van der Waals surface area contributed by atoms with Crippen LogP contribution in [0, 0.1) is 5.82 Å². The number of para-hydroxylation sites is 1. The van der Waals surface area contributed by atoms with Crippen LogP contribution in [-0.4, -0.2) is 18.3 Å². The van der Waals surface area contributed by atoms with Gasteiger partial charge in [0.1, 0.15) is 5.82 Å². The Hall–Kier alpha value is -2.15. The van der Waals surface area contributed by atoms with Gasteiger partial charge >= 0.3 is 6.03 Å². The number of thioether (sulfide) groups is 1. The Morgan fingerprint density at radius 2 is 1.78 bits per heavy atom. The summed E-state index contributed by atoms with van der Waals surface area (Å²) in [5.41, 5.74) is 1.22. The number of halogens is 3. The minimum atomic E-state index is -2.56. The van der Waals surface area contributed by atoms with Crippen LogP contribution < -0.4 is 10.6 Å². The monoisotopic (exact) mass is 340 g/mol. The molecule has 0 aliphatic rings. The van der Waals surface area contributed by atoms with E-state index in [-0.39, 0.29) is 5.82 Å². The van der Waals surface area contributed by atoms with Crippen molar-refractivity contribution in [3.8, 4) is 0 Å². The van der Waals surface area contributed by atoms with E-state index in [0.29, 0.717) is 35.3 Å². The number of benzene rings is 2. The van der Waals surface area contributed by atoms with Crippen LogP contribution in [-0.2, 0) is 6.42 Å². The van der Waals surface area contributed by atoms with Crippen LogP contribution in [0.2, 0.25) is 0 Å². The largest absolute Gasteiger partial charge is 0.338 e. The molecule has 0 radical (unpaired) electrons. The Morgan fingerprint density at radius 1 is 1.09 bits per heavy atom. The second-order valence-corrected chi connectivity index (χ2v) is 5.66. The highest BCUT2D eigenvalue weighted by Crippen LogP contribution is 2.31. The maximum Gasteiger partial charge on any atom is 0.319 e. The first-order valence-corrected chi connectivity index (χ1v) is 7.75. The first-order valence-electron chi connectivity index (χ1n) is 6.88. The second kappa shape index (κ2) is 8.47. The van der Waals surface area contributed by atoms with Crippen molar-refractivity contribution in [2.75, 3.05) is 11.9 Å². The summed E-state index contributed by atoms with van der Waals surface area (Å²) in [5, 5.41) is 5.18. The summed E-state index contributed by atoms with van der Waals surface area (Å²) in [6, 6.07) is 11.9. The quantitative estimate of drug-likeness (QED) is 0.760. The van der Waals surface area contributed by atoms with Crippen molar-refractivity contribution in [3.05, 3.63) is 59.9 Å². The van der Waals surface area contributed by atoms with Gasteiger partial charge in [0.2, 0.25) is 0 Å². The minimum absolute atomic E-state index is 0.302. The molecule has 2 aromatic rings. The molecule has 7 heteroatoms. The number of hydrogen-bond donors (Lipinski definition) is 2. The number of nitrogens with one attached hydrogen (secondary N) is 2. The molecule has 3 nitrogen and oxygen atoms in total. The Morgan fingerprint density at radius 3 is 2.48 bits per heavy atom. The van der Waals surface area contributed by atoms with Crippen molar-refractivity contribution >= 4 is 23.5 Å². The number of urea groups is 1. The fraction of sp³-hybridized carbons (Fsp3) is 0.188. The van der Waals surface area contributed by atoms with Gasteiger partial charge in [0.15, 0.2) is 0 Å². The van der Waals surface area contributed by atoms with Crippen LogP contribution in [0.3, 0.4) is 0 Å². The van der Waals surface area contributed by atoms with E-state index in [1.165, 1.54) is 18.2 Å². The molecule has 23 heavy (non-hydrogen) atoms. The third kappa shape index (κ3) is 5.86. The van der Waals surface area contributed by atoms with Crippen LogP contribution in [0.1, 0.15) is 5.56 Å². The molecule has 2 aromatic carbocycles. The zero-order chi connectivity index (χ0) is 16.7. The third-order valence-electron chi connectivity index (χ3n) is 2.96. The van der Waals surface area contributed by atoms with Crippen LogP contribution in [0.25, 0.3) is 0 Å². The van der Waals surface area contributed by atoms with Gasteiger partial charge in [-0.05, 0) is 36.2 Å². The predicted octanol–water partition coefficient (Wildman–Crippen LogP) is 4.50. The minimum Gasteiger partial charge on any atom is -0.338 e. The fourth-order valence-corrected chi connectivity index (χ4v) is 2.50. The number of carbonyl (C=O) groups excluding carboxylic acids is 1. The highest BCUT2D eigenvalue weighted by Gasteiger charge is 2.11. The Bertz CT molecular complexity index is 650. The molecule has 0 aliphatic carbocycles. The first kappa shape index (κ1) is 17.2. The summed E-state index contributed by atoms with van der Waals surface area (Å²) in [5.74, 6) is -2.87. The van der Waals surface area contributed by atoms with E-state index < -0.39 is 11.8 Å². The fourth-order valence-electron chi connectivity index (χ4n) is 1.91. The molecule has 122 valence electrons. The number of anilines is 1. The molecular formula is C16H15F3N2OS. The van der Waals surface area contributed by atoms with Crippen molar-refractivity contribution < 1.29 is 18.0 Å². The van der Waals surface area contributed by atoms with Gasteiger partial charge in [-0.3, -0.25) is 0 Å². The van der Waals surface area contributed by atoms with E-state index in [1.807, 2.05) is 0 Å². The van der Waals surface area contributed by atoms with Crippen molar-refractivity contribution in [1.82, 2.24) is 5.32 Å². The molecule has 0 aliphatic heterocycles. The van der Waals surface area contributed by atoms with E-state index in [4.69, 9.17) is 0 Å². The van der Waals surface area contributed by atoms with Gasteiger partial charge in [0.25, 0.3) is 5.76 Å². The number of alkyl halides is 2. The Balaban J connectivity index is 1.84. The summed E-state index contributed by atoms with van der Waals surface area (Å²) in [7, 11) is 0. The van der Waals surface area contributed by atoms with Gasteiger partial charge in [-0.25, -0.2) is 9.18 Å². The number of amides is 2. The van der Waals surface area contributed by atoms with E-state index in [0.717, 1.165) is 5.56 Å². The Labute approximate surface area is 136 Å².